The van der Waals surface area contributed by atoms with Crippen molar-refractivity contribution in [1.82, 2.24) is 9.97 Å². The van der Waals surface area contributed by atoms with Crippen molar-refractivity contribution in [2.24, 2.45) is 0 Å². The Bertz CT molecular complexity index is 546. The van der Waals surface area contributed by atoms with Gasteiger partial charge in [0.2, 0.25) is 0 Å². The van der Waals surface area contributed by atoms with E-state index in [4.69, 9.17) is 4.74 Å². The van der Waals surface area contributed by atoms with Gasteiger partial charge < -0.3 is 9.72 Å². The maximum atomic E-state index is 13.2. The monoisotopic (exact) mass is 220 g/mol. The molecule has 2 aromatic rings. The first-order chi connectivity index (χ1) is 7.70. The van der Waals surface area contributed by atoms with E-state index in [9.17, 15) is 9.18 Å². The number of hydrogen-bond donors (Lipinski definition) is 1. The second-order valence-electron chi connectivity index (χ2n) is 3.16. The van der Waals surface area contributed by atoms with Crippen LogP contribution in [0.15, 0.2) is 35.4 Å². The van der Waals surface area contributed by atoms with Crippen LogP contribution < -0.4 is 10.4 Å². The molecule has 0 spiro atoms. The van der Waals surface area contributed by atoms with E-state index in [0.29, 0.717) is 5.56 Å². The topological polar surface area (TPSA) is 55.0 Å². The summed E-state index contributed by atoms with van der Waals surface area (Å²) in [6.45, 7) is 0. The molecule has 16 heavy (non-hydrogen) atoms. The molecule has 0 unspecified atom stereocenters. The quantitative estimate of drug-likeness (QED) is 0.836. The predicted molar refractivity (Wildman–Crippen MR) is 56.8 cm³/mol. The Morgan fingerprint density at radius 3 is 2.81 bits per heavy atom. The Labute approximate surface area is 90.7 Å². The number of aromatic amines is 1. The number of methoxy groups -OCH3 is 1. The van der Waals surface area contributed by atoms with E-state index in [0.717, 1.165) is 5.56 Å². The minimum absolute atomic E-state index is 0.156. The highest BCUT2D eigenvalue weighted by atomic mass is 19.1. The summed E-state index contributed by atoms with van der Waals surface area (Å²) in [6.07, 6.45) is 2.94. The lowest BCUT2D eigenvalue weighted by atomic mass is 10.1. The molecule has 5 heteroatoms. The standard InChI is InChI=1S/C11H9FN2O2/c1-16-10-4-7(2-3-9(10)12)8-5-13-11(15)14-6-8/h2-6H,1H3,(H,13,14,15). The lowest BCUT2D eigenvalue weighted by Gasteiger charge is -2.05. The van der Waals surface area contributed by atoms with Crippen LogP contribution >= 0.6 is 0 Å². The highest BCUT2D eigenvalue weighted by Gasteiger charge is 2.05. The van der Waals surface area contributed by atoms with E-state index in [-0.39, 0.29) is 5.75 Å². The summed E-state index contributed by atoms with van der Waals surface area (Å²) < 4.78 is 18.0. The smallest absolute Gasteiger partial charge is 0.344 e. The number of nitrogens with zero attached hydrogens (tertiary/aromatic N) is 1. The number of H-pyrrole nitrogens is 1. The van der Waals surface area contributed by atoms with Crippen LogP contribution in [0.4, 0.5) is 4.39 Å². The minimum atomic E-state index is -0.427. The van der Waals surface area contributed by atoms with Gasteiger partial charge in [-0.05, 0) is 17.7 Å². The van der Waals surface area contributed by atoms with Crippen molar-refractivity contribution in [3.8, 4) is 16.9 Å². The first kappa shape index (κ1) is 10.4. The van der Waals surface area contributed by atoms with Gasteiger partial charge in [-0.15, -0.1) is 0 Å². The Morgan fingerprint density at radius 2 is 2.19 bits per heavy atom. The SMILES string of the molecule is COc1cc(-c2cnc(=O)[nH]c2)ccc1F. The molecule has 0 fully saturated rings. The highest BCUT2D eigenvalue weighted by Crippen LogP contribution is 2.24. The molecule has 0 aliphatic carbocycles. The first-order valence-electron chi connectivity index (χ1n) is 4.59. The number of ether oxygens (including phenoxy) is 1. The van der Waals surface area contributed by atoms with Gasteiger partial charge in [-0.3, -0.25) is 0 Å². The van der Waals surface area contributed by atoms with Crippen LogP contribution in [0.3, 0.4) is 0 Å². The summed E-state index contributed by atoms with van der Waals surface area (Å²) >= 11 is 0. The van der Waals surface area contributed by atoms with E-state index < -0.39 is 11.5 Å². The summed E-state index contributed by atoms with van der Waals surface area (Å²) in [5, 5.41) is 0. The van der Waals surface area contributed by atoms with Gasteiger partial charge in [0.1, 0.15) is 0 Å². The molecule has 1 aromatic carbocycles. The van der Waals surface area contributed by atoms with Crippen molar-refractivity contribution in [2.75, 3.05) is 7.11 Å². The van der Waals surface area contributed by atoms with Gasteiger partial charge in [-0.1, -0.05) is 6.07 Å². The molecule has 82 valence electrons. The van der Waals surface area contributed by atoms with Crippen LogP contribution in [0, 0.1) is 5.82 Å². The largest absolute Gasteiger partial charge is 0.494 e. The van der Waals surface area contributed by atoms with Crippen molar-refractivity contribution in [2.45, 2.75) is 0 Å². The van der Waals surface area contributed by atoms with Gasteiger partial charge in [-0.2, -0.15) is 0 Å². The van der Waals surface area contributed by atoms with Crippen LogP contribution in [-0.4, -0.2) is 17.1 Å². The third-order valence-electron chi connectivity index (χ3n) is 2.16. The molecule has 0 aliphatic rings. The van der Waals surface area contributed by atoms with Crippen LogP contribution in [0.25, 0.3) is 11.1 Å². The molecule has 0 saturated carbocycles. The van der Waals surface area contributed by atoms with Gasteiger partial charge in [0.15, 0.2) is 11.6 Å². The van der Waals surface area contributed by atoms with E-state index >= 15 is 0 Å². The molecule has 1 N–H and O–H groups in total. The van der Waals surface area contributed by atoms with E-state index in [1.54, 1.807) is 12.1 Å². The molecule has 1 heterocycles. The van der Waals surface area contributed by atoms with Gasteiger partial charge in [0.25, 0.3) is 0 Å². The second-order valence-corrected chi connectivity index (χ2v) is 3.16. The Balaban J connectivity index is 2.48. The molecule has 0 radical (unpaired) electrons. The zero-order valence-corrected chi connectivity index (χ0v) is 8.53. The lowest BCUT2D eigenvalue weighted by molar-refractivity contribution is 0.387. The fourth-order valence-corrected chi connectivity index (χ4v) is 1.34. The third-order valence-corrected chi connectivity index (χ3v) is 2.16. The summed E-state index contributed by atoms with van der Waals surface area (Å²) in [5.74, 6) is -0.271. The fourth-order valence-electron chi connectivity index (χ4n) is 1.34. The predicted octanol–water partition coefficient (Wildman–Crippen LogP) is 1.58. The fraction of sp³-hybridized carbons (Fsp3) is 0.0909. The van der Waals surface area contributed by atoms with Gasteiger partial charge in [0, 0.05) is 18.0 Å². The molecule has 0 amide bonds. The summed E-state index contributed by atoms with van der Waals surface area (Å²) in [7, 11) is 1.40. The number of nitrogens with one attached hydrogen (secondary N) is 1. The Kier molecular flexibility index (Phi) is 2.68. The van der Waals surface area contributed by atoms with Crippen molar-refractivity contribution in [3.05, 3.63) is 46.9 Å². The number of halogens is 1. The van der Waals surface area contributed by atoms with Gasteiger partial charge in [0.05, 0.1) is 7.11 Å². The van der Waals surface area contributed by atoms with Crippen LogP contribution in [0.5, 0.6) is 5.75 Å². The zero-order chi connectivity index (χ0) is 11.5. The Hall–Kier alpha value is -2.17. The molecule has 0 aliphatic heterocycles. The molecule has 0 bridgehead atoms. The third kappa shape index (κ3) is 1.93. The van der Waals surface area contributed by atoms with Crippen LogP contribution in [0.2, 0.25) is 0 Å². The summed E-state index contributed by atoms with van der Waals surface area (Å²) in [5.41, 5.74) is 0.998. The van der Waals surface area contributed by atoms with Crippen LogP contribution in [-0.2, 0) is 0 Å². The van der Waals surface area contributed by atoms with Gasteiger partial charge in [-0.25, -0.2) is 14.2 Å². The molecular formula is C11H9FN2O2. The second kappa shape index (κ2) is 4.14. The molecule has 1 aromatic heterocycles. The van der Waals surface area contributed by atoms with E-state index in [2.05, 4.69) is 9.97 Å². The molecular weight excluding hydrogens is 211 g/mol. The van der Waals surface area contributed by atoms with Crippen LogP contribution in [0.1, 0.15) is 0 Å². The zero-order valence-electron chi connectivity index (χ0n) is 8.53. The maximum absolute atomic E-state index is 13.2. The van der Waals surface area contributed by atoms with Crippen molar-refractivity contribution in [3.63, 3.8) is 0 Å². The van der Waals surface area contributed by atoms with Crippen molar-refractivity contribution < 1.29 is 9.13 Å². The molecule has 0 atom stereocenters. The summed E-state index contributed by atoms with van der Waals surface area (Å²) in [6, 6.07) is 4.44. The lowest BCUT2D eigenvalue weighted by Crippen LogP contribution is -2.07. The maximum Gasteiger partial charge on any atom is 0.344 e. The normalized spacial score (nSPS) is 10.1. The average molecular weight is 220 g/mol. The average Bonchev–Trinajstić information content (AvgIpc) is 2.31. The van der Waals surface area contributed by atoms with Crippen molar-refractivity contribution in [1.29, 1.82) is 0 Å². The molecule has 2 rings (SSSR count). The van der Waals surface area contributed by atoms with Crippen molar-refractivity contribution >= 4 is 0 Å². The van der Waals surface area contributed by atoms with Gasteiger partial charge >= 0.3 is 5.69 Å². The number of rotatable bonds is 2. The minimum Gasteiger partial charge on any atom is -0.494 e. The highest BCUT2D eigenvalue weighted by molar-refractivity contribution is 5.63. The van der Waals surface area contributed by atoms with E-state index in [1.165, 1.54) is 25.6 Å². The molecule has 0 saturated heterocycles. The summed E-state index contributed by atoms with van der Waals surface area (Å²) in [4.78, 5) is 16.8. The number of benzene rings is 1. The van der Waals surface area contributed by atoms with E-state index in [1.807, 2.05) is 0 Å². The number of hydrogen-bond acceptors (Lipinski definition) is 3. The molecule has 4 nitrogen and oxygen atoms in total. The Morgan fingerprint density at radius 1 is 1.38 bits per heavy atom. The number of aromatic nitrogens is 2. The first-order valence-corrected chi connectivity index (χ1v) is 4.59.